The maximum Gasteiger partial charge on any atom is 0.306 e. The Bertz CT molecular complexity index is 1260. The van der Waals surface area contributed by atoms with Crippen LogP contribution >= 0.6 is 0 Å². The summed E-state index contributed by atoms with van der Waals surface area (Å²) < 4.78 is 10.8. The average Bonchev–Trinajstić information content (AvgIpc) is 3.45. The minimum absolute atomic E-state index is 0.0590. The first-order chi connectivity index (χ1) is 39.1. The van der Waals surface area contributed by atoms with Crippen LogP contribution in [0, 0.1) is 0 Å². The van der Waals surface area contributed by atoms with E-state index >= 15 is 0 Å². The molecule has 5 heteroatoms. The van der Waals surface area contributed by atoms with Crippen LogP contribution in [0.1, 0.15) is 406 Å². The Labute approximate surface area is 495 Å². The van der Waals surface area contributed by atoms with E-state index in [0.717, 1.165) is 44.9 Å². The SMILES string of the molecule is CCCCCCC/C=C\C/C=C\C/C=C\CCCCCCCCCCCCCCCCCCCCC(=O)OC(CO)COC(=O)CCCCCCCCCCCCCCCCCCCCCCCCCCCCCCCCCC. The standard InChI is InChI=1S/C74H140O5/c1-3-5-7-9-11-13-15-17-19-21-23-25-27-29-31-33-35-37-39-41-43-45-47-49-51-53-55-57-59-61-63-65-67-69-74(77)79-72(70-75)71-78-73(76)68-66-64-62-60-58-56-54-52-50-48-46-44-42-40-38-36-34-32-30-28-26-24-22-20-18-16-14-12-10-8-6-4-2/h15,17,21,23,27,29,72,75H,3-14,16,18-20,22,24-26,28,30-71H2,1-2H3/b17-15-,23-21-,29-27-. The van der Waals surface area contributed by atoms with E-state index < -0.39 is 6.10 Å². The normalized spacial score (nSPS) is 12.3. The topological polar surface area (TPSA) is 72.8 Å². The minimum Gasteiger partial charge on any atom is -0.462 e. The molecule has 1 unspecified atom stereocenters. The molecule has 0 aliphatic rings. The molecule has 0 saturated carbocycles. The Kier molecular flexibility index (Phi) is 68.7. The summed E-state index contributed by atoms with van der Waals surface area (Å²) in [6.45, 7) is 4.20. The molecule has 0 aliphatic heterocycles. The quantitative estimate of drug-likeness (QED) is 0.0373. The van der Waals surface area contributed by atoms with Crippen molar-refractivity contribution in [2.24, 2.45) is 0 Å². The van der Waals surface area contributed by atoms with Crippen molar-refractivity contribution >= 4 is 11.9 Å². The zero-order valence-corrected chi connectivity index (χ0v) is 53.7. The third kappa shape index (κ3) is 68.5. The summed E-state index contributed by atoms with van der Waals surface area (Å²) in [6.07, 6.45) is 93.4. The molecule has 5 nitrogen and oxygen atoms in total. The lowest BCUT2D eigenvalue weighted by atomic mass is 10.0. The predicted octanol–water partition coefficient (Wildman–Crippen LogP) is 24.9. The monoisotopic (exact) mass is 1110 g/mol. The highest BCUT2D eigenvalue weighted by molar-refractivity contribution is 5.70. The van der Waals surface area contributed by atoms with Gasteiger partial charge in [0.05, 0.1) is 6.61 Å². The highest BCUT2D eigenvalue weighted by atomic mass is 16.6. The molecule has 0 spiro atoms. The number of carbonyl (C=O) groups is 2. The van der Waals surface area contributed by atoms with E-state index in [4.69, 9.17) is 9.47 Å². The van der Waals surface area contributed by atoms with Crippen molar-refractivity contribution in [2.45, 2.75) is 412 Å². The number of aliphatic hydroxyl groups is 1. The van der Waals surface area contributed by atoms with Crippen LogP contribution in [-0.4, -0.2) is 36.4 Å². The van der Waals surface area contributed by atoms with E-state index in [-0.39, 0.29) is 25.2 Å². The number of esters is 2. The van der Waals surface area contributed by atoms with Crippen LogP contribution in [0.2, 0.25) is 0 Å². The number of hydrogen-bond acceptors (Lipinski definition) is 5. The number of ether oxygens (including phenoxy) is 2. The van der Waals surface area contributed by atoms with Gasteiger partial charge in [0.2, 0.25) is 0 Å². The predicted molar refractivity (Wildman–Crippen MR) is 348 cm³/mol. The highest BCUT2D eigenvalue weighted by Crippen LogP contribution is 2.19. The molecule has 0 aromatic carbocycles. The maximum absolute atomic E-state index is 12.4. The number of aliphatic hydroxyl groups excluding tert-OH is 1. The minimum atomic E-state index is -0.770. The highest BCUT2D eigenvalue weighted by Gasteiger charge is 2.16. The van der Waals surface area contributed by atoms with Gasteiger partial charge < -0.3 is 14.6 Å². The van der Waals surface area contributed by atoms with Crippen LogP contribution in [0.5, 0.6) is 0 Å². The fourth-order valence-corrected chi connectivity index (χ4v) is 11.3. The molecule has 79 heavy (non-hydrogen) atoms. The van der Waals surface area contributed by atoms with Gasteiger partial charge in [-0.25, -0.2) is 0 Å². The molecule has 0 aromatic heterocycles. The number of carbonyl (C=O) groups excluding carboxylic acids is 2. The molecule has 0 heterocycles. The van der Waals surface area contributed by atoms with Crippen molar-refractivity contribution in [1.82, 2.24) is 0 Å². The van der Waals surface area contributed by atoms with Gasteiger partial charge in [0.15, 0.2) is 6.10 Å². The second-order valence-corrected chi connectivity index (χ2v) is 24.7. The molecule has 0 amide bonds. The largest absolute Gasteiger partial charge is 0.462 e. The molecular weight excluding hydrogens is 969 g/mol. The molecule has 0 rings (SSSR count). The Morgan fingerprint density at radius 3 is 0.759 bits per heavy atom. The lowest BCUT2D eigenvalue weighted by Crippen LogP contribution is -2.28. The first-order valence-corrected chi connectivity index (χ1v) is 36.0. The summed E-state index contributed by atoms with van der Waals surface area (Å²) >= 11 is 0. The molecule has 0 saturated heterocycles. The molecule has 1 N–H and O–H groups in total. The number of hydrogen-bond donors (Lipinski definition) is 1. The van der Waals surface area contributed by atoms with Crippen molar-refractivity contribution in [3.63, 3.8) is 0 Å². The summed E-state index contributed by atoms with van der Waals surface area (Å²) in [5.74, 6) is -0.565. The number of rotatable bonds is 68. The van der Waals surface area contributed by atoms with Gasteiger partial charge in [-0.15, -0.1) is 0 Å². The van der Waals surface area contributed by atoms with E-state index in [1.807, 2.05) is 0 Å². The van der Waals surface area contributed by atoms with Gasteiger partial charge in [-0.05, 0) is 51.4 Å². The first-order valence-electron chi connectivity index (χ1n) is 36.0. The van der Waals surface area contributed by atoms with Gasteiger partial charge in [-0.1, -0.05) is 378 Å². The lowest BCUT2D eigenvalue weighted by Gasteiger charge is -2.15. The molecule has 0 aromatic rings. The Morgan fingerprint density at radius 1 is 0.291 bits per heavy atom. The van der Waals surface area contributed by atoms with Gasteiger partial charge in [0.25, 0.3) is 0 Å². The summed E-state index contributed by atoms with van der Waals surface area (Å²) in [5, 5.41) is 9.71. The van der Waals surface area contributed by atoms with Crippen molar-refractivity contribution < 1.29 is 24.2 Å². The fraction of sp³-hybridized carbons (Fsp3) is 0.892. The van der Waals surface area contributed by atoms with Crippen molar-refractivity contribution in [1.29, 1.82) is 0 Å². The van der Waals surface area contributed by atoms with Gasteiger partial charge in [0.1, 0.15) is 6.61 Å². The van der Waals surface area contributed by atoms with Gasteiger partial charge >= 0.3 is 11.9 Å². The van der Waals surface area contributed by atoms with Gasteiger partial charge in [-0.3, -0.25) is 9.59 Å². The second-order valence-electron chi connectivity index (χ2n) is 24.7. The molecule has 0 radical (unpaired) electrons. The maximum atomic E-state index is 12.4. The van der Waals surface area contributed by atoms with Gasteiger partial charge in [-0.2, -0.15) is 0 Å². The summed E-state index contributed by atoms with van der Waals surface area (Å²) in [4.78, 5) is 24.7. The van der Waals surface area contributed by atoms with Crippen LogP contribution in [0.15, 0.2) is 36.5 Å². The lowest BCUT2D eigenvalue weighted by molar-refractivity contribution is -0.161. The molecular formula is C74H140O5. The van der Waals surface area contributed by atoms with E-state index in [2.05, 4.69) is 50.3 Å². The number of unbranched alkanes of at least 4 members (excludes halogenated alkanes) is 54. The van der Waals surface area contributed by atoms with Crippen LogP contribution in [0.4, 0.5) is 0 Å². The molecule has 0 fully saturated rings. The Hall–Kier alpha value is -1.88. The molecule has 0 aliphatic carbocycles. The number of allylic oxidation sites excluding steroid dienone is 6. The summed E-state index contributed by atoms with van der Waals surface area (Å²) in [5.41, 5.74) is 0. The van der Waals surface area contributed by atoms with Gasteiger partial charge in [0, 0.05) is 12.8 Å². The van der Waals surface area contributed by atoms with Crippen molar-refractivity contribution in [2.75, 3.05) is 13.2 Å². The second kappa shape index (κ2) is 70.4. The average molecular weight is 1110 g/mol. The third-order valence-corrected chi connectivity index (χ3v) is 16.7. The van der Waals surface area contributed by atoms with E-state index in [0.29, 0.717) is 12.8 Å². The molecule has 466 valence electrons. The van der Waals surface area contributed by atoms with E-state index in [9.17, 15) is 14.7 Å². The summed E-state index contributed by atoms with van der Waals surface area (Å²) in [6, 6.07) is 0. The van der Waals surface area contributed by atoms with E-state index in [1.54, 1.807) is 0 Å². The van der Waals surface area contributed by atoms with Crippen LogP contribution < -0.4 is 0 Å². The summed E-state index contributed by atoms with van der Waals surface area (Å²) in [7, 11) is 0. The van der Waals surface area contributed by atoms with Crippen LogP contribution in [0.3, 0.4) is 0 Å². The molecule has 0 bridgehead atoms. The first kappa shape index (κ1) is 77.1. The van der Waals surface area contributed by atoms with Crippen LogP contribution in [-0.2, 0) is 19.1 Å². The Balaban J connectivity index is 3.38. The smallest absolute Gasteiger partial charge is 0.306 e. The Morgan fingerprint density at radius 2 is 0.506 bits per heavy atom. The van der Waals surface area contributed by atoms with Crippen molar-refractivity contribution in [3.05, 3.63) is 36.5 Å². The van der Waals surface area contributed by atoms with E-state index in [1.165, 1.54) is 334 Å². The third-order valence-electron chi connectivity index (χ3n) is 16.7. The zero-order chi connectivity index (χ0) is 56.9. The zero-order valence-electron chi connectivity index (χ0n) is 53.7. The van der Waals surface area contributed by atoms with Crippen LogP contribution in [0.25, 0.3) is 0 Å². The molecule has 1 atom stereocenters. The fourth-order valence-electron chi connectivity index (χ4n) is 11.3. The van der Waals surface area contributed by atoms with Crippen molar-refractivity contribution in [3.8, 4) is 0 Å².